The van der Waals surface area contributed by atoms with Gasteiger partial charge in [0.25, 0.3) is 20.0 Å². The molecule has 1 atom stereocenters. The molecule has 11 heteroatoms. The van der Waals surface area contributed by atoms with Gasteiger partial charge in [0, 0.05) is 37.9 Å². The molecule has 1 aromatic heterocycles. The van der Waals surface area contributed by atoms with Crippen molar-refractivity contribution in [3.8, 4) is 0 Å². The molecule has 0 aliphatic carbocycles. The number of nitrogens with zero attached hydrogens (tertiary/aromatic N) is 1. The van der Waals surface area contributed by atoms with Crippen LogP contribution in [0.15, 0.2) is 14.5 Å². The number of β-amino-alcohol motifs (C(OH)–C–C–N with tert-alkyl or cyclic N) is 1. The molecule has 8 nitrogen and oxygen atoms in total. The fraction of sp³-hybridized carbons (Fsp3) is 0.733. The molecule has 0 bridgehead atoms. The van der Waals surface area contributed by atoms with Crippen LogP contribution in [0.25, 0.3) is 0 Å². The zero-order valence-electron chi connectivity index (χ0n) is 15.4. The van der Waals surface area contributed by atoms with Crippen LogP contribution in [0.2, 0.25) is 0 Å². The van der Waals surface area contributed by atoms with Gasteiger partial charge < -0.3 is 9.84 Å². The van der Waals surface area contributed by atoms with Crippen LogP contribution in [0, 0.1) is 0 Å². The Morgan fingerprint density at radius 1 is 1.38 bits per heavy atom. The average Bonchev–Trinajstić information content (AvgIpc) is 2.94. The first-order valence-electron chi connectivity index (χ1n) is 8.23. The molecular formula is C15H26N2O6S3. The van der Waals surface area contributed by atoms with Gasteiger partial charge >= 0.3 is 0 Å². The minimum absolute atomic E-state index is 0.0781. The number of fused-ring (bicyclic) bond motifs is 1. The number of hydrogen-bond acceptors (Lipinski definition) is 7. The van der Waals surface area contributed by atoms with Gasteiger partial charge in [-0.25, -0.2) is 21.6 Å². The quantitative estimate of drug-likeness (QED) is 0.635. The maximum Gasteiger partial charge on any atom is 0.253 e. The largest absolute Gasteiger partial charge is 0.387 e. The molecule has 2 heterocycles. The number of thiophene rings is 1. The summed E-state index contributed by atoms with van der Waals surface area (Å²) in [6, 6.07) is 1.26. The molecule has 2 rings (SSSR count). The Kier molecular flexibility index (Phi) is 6.54. The zero-order chi connectivity index (χ0) is 19.8. The minimum Gasteiger partial charge on any atom is -0.387 e. The highest BCUT2D eigenvalue weighted by Crippen LogP contribution is 2.40. The fourth-order valence-electron chi connectivity index (χ4n) is 2.64. The first kappa shape index (κ1) is 21.7. The van der Waals surface area contributed by atoms with Gasteiger partial charge in [-0.15, -0.1) is 11.3 Å². The highest BCUT2D eigenvalue weighted by molar-refractivity contribution is 7.94. The van der Waals surface area contributed by atoms with Gasteiger partial charge in [0.15, 0.2) is 0 Å². The van der Waals surface area contributed by atoms with Gasteiger partial charge in [-0.05, 0) is 39.7 Å². The van der Waals surface area contributed by atoms with E-state index in [2.05, 4.69) is 4.72 Å². The van der Waals surface area contributed by atoms with Crippen molar-refractivity contribution in [2.75, 3.05) is 26.8 Å². The molecule has 1 aliphatic heterocycles. The summed E-state index contributed by atoms with van der Waals surface area (Å²) in [6.45, 7) is 5.80. The van der Waals surface area contributed by atoms with Gasteiger partial charge in [0.2, 0.25) is 0 Å². The number of aliphatic hydroxyl groups excluding tert-OH is 1. The van der Waals surface area contributed by atoms with Crippen LogP contribution >= 0.6 is 11.3 Å². The van der Waals surface area contributed by atoms with Crippen molar-refractivity contribution in [2.24, 2.45) is 0 Å². The van der Waals surface area contributed by atoms with E-state index in [-0.39, 0.29) is 27.1 Å². The van der Waals surface area contributed by atoms with Crippen molar-refractivity contribution in [3.05, 3.63) is 11.6 Å². The summed E-state index contributed by atoms with van der Waals surface area (Å²) < 4.78 is 59.1. The van der Waals surface area contributed by atoms with E-state index in [4.69, 9.17) is 4.74 Å². The summed E-state index contributed by atoms with van der Waals surface area (Å²) in [5, 5.41) is 10.3. The van der Waals surface area contributed by atoms with Crippen LogP contribution < -0.4 is 4.72 Å². The third kappa shape index (κ3) is 4.83. The summed E-state index contributed by atoms with van der Waals surface area (Å²) in [6.07, 6.45) is 0.244. The Hall–Kier alpha value is -0.560. The second kappa shape index (κ2) is 7.82. The van der Waals surface area contributed by atoms with Crippen LogP contribution in [0.4, 0.5) is 0 Å². The number of nitrogens with one attached hydrogen (secondary N) is 1. The summed E-state index contributed by atoms with van der Waals surface area (Å²) in [5.74, 6) is 0. The second-order valence-corrected chi connectivity index (χ2v) is 12.3. The summed E-state index contributed by atoms with van der Waals surface area (Å²) in [7, 11) is -6.12. The maximum absolute atomic E-state index is 12.8. The van der Waals surface area contributed by atoms with E-state index in [1.165, 1.54) is 10.4 Å². The molecule has 0 amide bonds. The second-order valence-electron chi connectivity index (χ2n) is 7.24. The fourth-order valence-corrected chi connectivity index (χ4v) is 7.92. The molecular weight excluding hydrogens is 400 g/mol. The van der Waals surface area contributed by atoms with E-state index in [0.29, 0.717) is 30.8 Å². The SMILES string of the molecule is COCCCCN1CC(O)c2cc(S(=O)(=O)NC(C)(C)C)sc2S1(=O)=O. The van der Waals surface area contributed by atoms with E-state index in [9.17, 15) is 21.9 Å². The zero-order valence-corrected chi connectivity index (χ0v) is 17.8. The molecule has 0 radical (unpaired) electrons. The van der Waals surface area contributed by atoms with Gasteiger partial charge in [0.05, 0.1) is 6.10 Å². The Morgan fingerprint density at radius 2 is 2.04 bits per heavy atom. The molecule has 0 spiro atoms. The van der Waals surface area contributed by atoms with Crippen molar-refractivity contribution in [3.63, 3.8) is 0 Å². The Bertz CT molecular complexity index is 839. The highest BCUT2D eigenvalue weighted by Gasteiger charge is 2.39. The standard InChI is InChI=1S/C15H26N2O6S3/c1-15(2,3)16-25(19,20)13-9-11-12(18)10-17(7-5-6-8-23-4)26(21,22)14(11)24-13/h9,12,16,18H,5-8,10H2,1-4H3. The lowest BCUT2D eigenvalue weighted by Crippen LogP contribution is -2.40. The molecule has 2 N–H and O–H groups in total. The van der Waals surface area contributed by atoms with Crippen LogP contribution in [0.5, 0.6) is 0 Å². The van der Waals surface area contributed by atoms with Crippen molar-refractivity contribution < 1.29 is 26.7 Å². The average molecular weight is 427 g/mol. The number of rotatable bonds is 7. The minimum atomic E-state index is -3.87. The summed E-state index contributed by atoms with van der Waals surface area (Å²) in [5.41, 5.74) is -0.550. The first-order chi connectivity index (χ1) is 11.9. The molecule has 0 aromatic carbocycles. The summed E-state index contributed by atoms with van der Waals surface area (Å²) >= 11 is 0.676. The third-order valence-electron chi connectivity index (χ3n) is 3.72. The van der Waals surface area contributed by atoms with Crippen LogP contribution in [-0.2, 0) is 24.8 Å². The first-order valence-corrected chi connectivity index (χ1v) is 12.0. The maximum atomic E-state index is 12.8. The molecule has 1 unspecified atom stereocenters. The molecule has 0 fully saturated rings. The van der Waals surface area contributed by atoms with Crippen molar-refractivity contribution >= 4 is 31.4 Å². The lowest BCUT2D eigenvalue weighted by molar-refractivity contribution is 0.136. The van der Waals surface area contributed by atoms with Crippen molar-refractivity contribution in [1.29, 1.82) is 0 Å². The normalized spacial score (nSPS) is 20.9. The predicted octanol–water partition coefficient (Wildman–Crippen LogP) is 1.29. The van der Waals surface area contributed by atoms with Gasteiger partial charge in [-0.3, -0.25) is 0 Å². The predicted molar refractivity (Wildman–Crippen MR) is 99.2 cm³/mol. The van der Waals surface area contributed by atoms with E-state index >= 15 is 0 Å². The molecule has 0 saturated heterocycles. The number of sulfonamides is 2. The number of methoxy groups -OCH3 is 1. The molecule has 0 saturated carbocycles. The smallest absolute Gasteiger partial charge is 0.253 e. The van der Waals surface area contributed by atoms with Crippen molar-refractivity contribution in [2.45, 2.75) is 53.7 Å². The Morgan fingerprint density at radius 3 is 2.62 bits per heavy atom. The third-order valence-corrected chi connectivity index (χ3v) is 9.50. The monoisotopic (exact) mass is 426 g/mol. The Labute approximate surface area is 159 Å². The lowest BCUT2D eigenvalue weighted by atomic mass is 10.1. The van der Waals surface area contributed by atoms with Gasteiger partial charge in [0.1, 0.15) is 8.42 Å². The number of ether oxygens (including phenoxy) is 1. The van der Waals surface area contributed by atoms with Crippen LogP contribution in [0.1, 0.15) is 45.3 Å². The molecule has 150 valence electrons. The molecule has 26 heavy (non-hydrogen) atoms. The van der Waals surface area contributed by atoms with E-state index < -0.39 is 31.7 Å². The summed E-state index contributed by atoms with van der Waals surface area (Å²) in [4.78, 5) is 0. The van der Waals surface area contributed by atoms with Crippen LogP contribution in [-0.4, -0.2) is 58.6 Å². The number of unbranched alkanes of at least 4 members (excludes halogenated alkanes) is 1. The van der Waals surface area contributed by atoms with E-state index in [1.54, 1.807) is 27.9 Å². The van der Waals surface area contributed by atoms with Crippen molar-refractivity contribution in [1.82, 2.24) is 9.03 Å². The van der Waals surface area contributed by atoms with Gasteiger partial charge in [-0.2, -0.15) is 4.31 Å². The van der Waals surface area contributed by atoms with E-state index in [1.807, 2.05) is 0 Å². The highest BCUT2D eigenvalue weighted by atomic mass is 32.3. The number of aliphatic hydroxyl groups is 1. The number of hydrogen-bond donors (Lipinski definition) is 2. The van der Waals surface area contributed by atoms with Crippen LogP contribution in [0.3, 0.4) is 0 Å². The Balaban J connectivity index is 2.32. The van der Waals surface area contributed by atoms with E-state index in [0.717, 1.165) is 0 Å². The molecule has 1 aliphatic rings. The lowest BCUT2D eigenvalue weighted by Gasteiger charge is -2.29. The molecule has 1 aromatic rings. The van der Waals surface area contributed by atoms with Gasteiger partial charge in [-0.1, -0.05) is 0 Å². The topological polar surface area (TPSA) is 113 Å².